The Bertz CT molecular complexity index is 622. The Balaban J connectivity index is 2.21. The minimum Gasteiger partial charge on any atom is -0.480 e. The highest BCUT2D eigenvalue weighted by atomic mass is 16.4. The summed E-state index contributed by atoms with van der Waals surface area (Å²) in [6.45, 7) is 3.21. The van der Waals surface area contributed by atoms with Gasteiger partial charge in [-0.1, -0.05) is 24.3 Å². The summed E-state index contributed by atoms with van der Waals surface area (Å²) in [6, 6.07) is 6.22. The van der Waals surface area contributed by atoms with Crippen LogP contribution in [0.1, 0.15) is 29.9 Å². The van der Waals surface area contributed by atoms with Gasteiger partial charge in [0.2, 0.25) is 0 Å². The number of aliphatic hydroxyl groups is 1. The van der Waals surface area contributed by atoms with Crippen LogP contribution in [0.2, 0.25) is 0 Å². The quantitative estimate of drug-likeness (QED) is 0.813. The van der Waals surface area contributed by atoms with E-state index < -0.39 is 12.0 Å². The van der Waals surface area contributed by atoms with Crippen molar-refractivity contribution in [2.75, 3.05) is 7.05 Å². The fourth-order valence-electron chi connectivity index (χ4n) is 2.48. The normalized spacial score (nSPS) is 12.5. The maximum Gasteiger partial charge on any atom is 0.325 e. The largest absolute Gasteiger partial charge is 0.480 e. The maximum atomic E-state index is 11.7. The van der Waals surface area contributed by atoms with E-state index in [9.17, 15) is 9.90 Å². The Hall–Kier alpha value is -2.18. The molecule has 1 heterocycles. The third-order valence-corrected chi connectivity index (χ3v) is 3.69. The van der Waals surface area contributed by atoms with Gasteiger partial charge in [0.1, 0.15) is 11.9 Å². The molecule has 0 bridgehead atoms. The van der Waals surface area contributed by atoms with Gasteiger partial charge < -0.3 is 14.8 Å². The molecule has 22 heavy (non-hydrogen) atoms. The number of aliphatic hydroxyl groups excluding tert-OH is 1. The van der Waals surface area contributed by atoms with Crippen LogP contribution in [0.4, 0.5) is 0 Å². The SMILES string of the molecule is CCn1ccnc1CN(C)C(C(=O)O)c1ccc(CO)cc1. The Labute approximate surface area is 129 Å². The van der Waals surface area contributed by atoms with Gasteiger partial charge in [0.25, 0.3) is 0 Å². The zero-order valence-electron chi connectivity index (χ0n) is 12.8. The molecule has 2 rings (SSSR count). The number of aromatic nitrogens is 2. The molecule has 6 nitrogen and oxygen atoms in total. The second-order valence-corrected chi connectivity index (χ2v) is 5.19. The average molecular weight is 303 g/mol. The van der Waals surface area contributed by atoms with Gasteiger partial charge in [-0.05, 0) is 25.1 Å². The molecule has 6 heteroatoms. The van der Waals surface area contributed by atoms with E-state index in [0.717, 1.165) is 17.9 Å². The number of aryl methyl sites for hydroxylation is 1. The van der Waals surface area contributed by atoms with E-state index in [0.29, 0.717) is 12.1 Å². The second kappa shape index (κ2) is 7.20. The smallest absolute Gasteiger partial charge is 0.325 e. The van der Waals surface area contributed by atoms with Gasteiger partial charge in [0.15, 0.2) is 0 Å². The van der Waals surface area contributed by atoms with Crippen molar-refractivity contribution in [1.29, 1.82) is 0 Å². The van der Waals surface area contributed by atoms with Crippen LogP contribution in [0, 0.1) is 0 Å². The van der Waals surface area contributed by atoms with Crippen LogP contribution in [0.5, 0.6) is 0 Å². The zero-order chi connectivity index (χ0) is 16.1. The summed E-state index contributed by atoms with van der Waals surface area (Å²) in [5.41, 5.74) is 1.44. The van der Waals surface area contributed by atoms with E-state index in [1.807, 2.05) is 17.7 Å². The summed E-state index contributed by atoms with van der Waals surface area (Å²) in [6.07, 6.45) is 3.60. The summed E-state index contributed by atoms with van der Waals surface area (Å²) >= 11 is 0. The van der Waals surface area contributed by atoms with Crippen LogP contribution in [0.25, 0.3) is 0 Å². The van der Waals surface area contributed by atoms with Crippen molar-refractivity contribution in [3.8, 4) is 0 Å². The number of imidazole rings is 1. The number of carboxylic acids is 1. The predicted molar refractivity (Wildman–Crippen MR) is 82.1 cm³/mol. The number of nitrogens with zero attached hydrogens (tertiary/aromatic N) is 3. The Morgan fingerprint density at radius 2 is 2.05 bits per heavy atom. The van der Waals surface area contributed by atoms with Crippen LogP contribution in [-0.2, 0) is 24.5 Å². The van der Waals surface area contributed by atoms with Crippen LogP contribution in [0.15, 0.2) is 36.7 Å². The first kappa shape index (κ1) is 16.2. The second-order valence-electron chi connectivity index (χ2n) is 5.19. The van der Waals surface area contributed by atoms with Gasteiger partial charge in [-0.2, -0.15) is 0 Å². The number of aliphatic carboxylic acids is 1. The Kier molecular flexibility index (Phi) is 5.30. The van der Waals surface area contributed by atoms with E-state index in [4.69, 9.17) is 5.11 Å². The molecule has 1 unspecified atom stereocenters. The highest BCUT2D eigenvalue weighted by Gasteiger charge is 2.25. The first-order valence-corrected chi connectivity index (χ1v) is 7.19. The Morgan fingerprint density at radius 3 is 2.59 bits per heavy atom. The van der Waals surface area contributed by atoms with E-state index in [1.165, 1.54) is 0 Å². The molecule has 1 aromatic carbocycles. The number of carbonyl (C=O) groups is 1. The van der Waals surface area contributed by atoms with Crippen molar-refractivity contribution >= 4 is 5.97 Å². The van der Waals surface area contributed by atoms with Crippen molar-refractivity contribution in [1.82, 2.24) is 14.5 Å². The summed E-state index contributed by atoms with van der Waals surface area (Å²) in [5.74, 6) is -0.0721. The van der Waals surface area contributed by atoms with Gasteiger partial charge in [-0.25, -0.2) is 4.98 Å². The molecule has 0 radical (unpaired) electrons. The van der Waals surface area contributed by atoms with E-state index >= 15 is 0 Å². The third-order valence-electron chi connectivity index (χ3n) is 3.69. The van der Waals surface area contributed by atoms with Crippen LogP contribution < -0.4 is 0 Å². The fraction of sp³-hybridized carbons (Fsp3) is 0.375. The standard InChI is InChI=1S/C16H21N3O3/c1-3-19-9-8-17-14(19)10-18(2)15(16(21)22)13-6-4-12(11-20)5-7-13/h4-9,15,20H,3,10-11H2,1-2H3,(H,21,22). The average Bonchev–Trinajstić information content (AvgIpc) is 2.95. The molecule has 1 atom stereocenters. The maximum absolute atomic E-state index is 11.7. The first-order valence-electron chi connectivity index (χ1n) is 7.19. The lowest BCUT2D eigenvalue weighted by Gasteiger charge is -2.25. The van der Waals surface area contributed by atoms with E-state index in [1.54, 1.807) is 42.4 Å². The minimum absolute atomic E-state index is 0.0538. The summed E-state index contributed by atoms with van der Waals surface area (Å²) in [7, 11) is 1.77. The topological polar surface area (TPSA) is 78.6 Å². The Morgan fingerprint density at radius 1 is 1.36 bits per heavy atom. The number of hydrogen-bond donors (Lipinski definition) is 2. The molecule has 0 aliphatic rings. The summed E-state index contributed by atoms with van der Waals surface area (Å²) < 4.78 is 1.99. The molecule has 2 N–H and O–H groups in total. The van der Waals surface area contributed by atoms with Crippen LogP contribution >= 0.6 is 0 Å². The number of likely N-dealkylation sites (N-methyl/N-ethyl adjacent to an activating group) is 1. The van der Waals surface area contributed by atoms with E-state index in [-0.39, 0.29) is 6.61 Å². The lowest BCUT2D eigenvalue weighted by molar-refractivity contribution is -0.143. The van der Waals surface area contributed by atoms with Gasteiger partial charge in [0.05, 0.1) is 13.2 Å². The van der Waals surface area contributed by atoms with E-state index in [2.05, 4.69) is 4.98 Å². The highest BCUT2D eigenvalue weighted by molar-refractivity contribution is 5.75. The van der Waals surface area contributed by atoms with Crippen molar-refractivity contribution in [3.63, 3.8) is 0 Å². The van der Waals surface area contributed by atoms with Gasteiger partial charge in [0, 0.05) is 18.9 Å². The highest BCUT2D eigenvalue weighted by Crippen LogP contribution is 2.22. The van der Waals surface area contributed by atoms with Crippen molar-refractivity contribution in [2.45, 2.75) is 32.7 Å². The lowest BCUT2D eigenvalue weighted by Crippen LogP contribution is -2.31. The summed E-state index contributed by atoms with van der Waals surface area (Å²) in [4.78, 5) is 17.7. The molecule has 0 saturated carbocycles. The molecule has 118 valence electrons. The first-order chi connectivity index (χ1) is 10.6. The summed E-state index contributed by atoms with van der Waals surface area (Å²) in [5, 5.41) is 18.6. The molecule has 0 fully saturated rings. The lowest BCUT2D eigenvalue weighted by atomic mass is 10.0. The molecule has 0 saturated heterocycles. The minimum atomic E-state index is -0.908. The van der Waals surface area contributed by atoms with Crippen molar-refractivity contribution < 1.29 is 15.0 Å². The van der Waals surface area contributed by atoms with Crippen molar-refractivity contribution in [3.05, 3.63) is 53.6 Å². The molecule has 1 aromatic heterocycles. The molecule has 0 aliphatic carbocycles. The molecular formula is C16H21N3O3. The predicted octanol–water partition coefficient (Wildman–Crippen LogP) is 1.65. The number of carboxylic acid groups (broad SMARTS) is 1. The third kappa shape index (κ3) is 3.52. The zero-order valence-corrected chi connectivity index (χ0v) is 12.8. The molecule has 2 aromatic rings. The van der Waals surface area contributed by atoms with Crippen molar-refractivity contribution in [2.24, 2.45) is 0 Å². The molecule has 0 aliphatic heterocycles. The van der Waals surface area contributed by atoms with Crippen LogP contribution in [0.3, 0.4) is 0 Å². The fourth-order valence-corrected chi connectivity index (χ4v) is 2.48. The molecule has 0 amide bonds. The number of rotatable bonds is 7. The molecule has 0 spiro atoms. The van der Waals surface area contributed by atoms with Gasteiger partial charge >= 0.3 is 5.97 Å². The monoisotopic (exact) mass is 303 g/mol. The van der Waals surface area contributed by atoms with Gasteiger partial charge in [-0.15, -0.1) is 0 Å². The van der Waals surface area contributed by atoms with Crippen LogP contribution in [-0.4, -0.2) is 37.7 Å². The number of hydrogen-bond acceptors (Lipinski definition) is 4. The van der Waals surface area contributed by atoms with Gasteiger partial charge in [-0.3, -0.25) is 9.69 Å². The molecular weight excluding hydrogens is 282 g/mol. The number of benzene rings is 1.